The molecule has 2 aliphatic heterocycles. The van der Waals surface area contributed by atoms with E-state index >= 15 is 0 Å². The largest absolute Gasteiger partial charge is 0.376 e. The third kappa shape index (κ3) is 3.69. The van der Waals surface area contributed by atoms with E-state index < -0.39 is 0 Å². The van der Waals surface area contributed by atoms with Gasteiger partial charge in [-0.25, -0.2) is 0 Å². The lowest BCUT2D eigenvalue weighted by molar-refractivity contribution is -0.125. The molecule has 3 aliphatic rings. The minimum absolute atomic E-state index is 0.0325. The second-order valence-electron chi connectivity index (χ2n) is 7.26. The molecule has 0 radical (unpaired) electrons. The third-order valence-corrected chi connectivity index (χ3v) is 5.31. The quantitative estimate of drug-likeness (QED) is 0.893. The van der Waals surface area contributed by atoms with Gasteiger partial charge in [0.05, 0.1) is 17.7 Å². The first-order valence-corrected chi connectivity index (χ1v) is 9.27. The van der Waals surface area contributed by atoms with Crippen LogP contribution < -0.4 is 10.2 Å². The lowest BCUT2D eigenvalue weighted by Crippen LogP contribution is -2.45. The molecule has 130 valence electrons. The molecule has 3 heterocycles. The average Bonchev–Trinajstić information content (AvgIpc) is 3.36. The highest BCUT2D eigenvalue weighted by Gasteiger charge is 2.29. The molecule has 1 saturated carbocycles. The van der Waals surface area contributed by atoms with Gasteiger partial charge < -0.3 is 15.0 Å². The van der Waals surface area contributed by atoms with Crippen molar-refractivity contribution in [2.75, 3.05) is 31.1 Å². The number of hydrogen-bond donors (Lipinski definition) is 1. The van der Waals surface area contributed by atoms with E-state index in [9.17, 15) is 4.79 Å². The van der Waals surface area contributed by atoms with Gasteiger partial charge in [-0.3, -0.25) is 4.79 Å². The molecule has 2 saturated heterocycles. The van der Waals surface area contributed by atoms with Crippen LogP contribution >= 0.6 is 0 Å². The Bertz CT molecular complexity index is 567. The Morgan fingerprint density at radius 1 is 1.21 bits per heavy atom. The van der Waals surface area contributed by atoms with Crippen LogP contribution in [0.3, 0.4) is 0 Å². The first-order chi connectivity index (χ1) is 11.8. The van der Waals surface area contributed by atoms with Crippen molar-refractivity contribution >= 4 is 11.7 Å². The Morgan fingerprint density at radius 2 is 2.12 bits per heavy atom. The van der Waals surface area contributed by atoms with Crippen molar-refractivity contribution in [1.82, 2.24) is 15.5 Å². The number of piperidine rings is 1. The maximum atomic E-state index is 12.5. The number of carbonyl (C=O) groups excluding carboxylic acids is 1. The fraction of sp³-hybridized carbons (Fsp3) is 0.722. The summed E-state index contributed by atoms with van der Waals surface area (Å²) in [4.78, 5) is 14.7. The SMILES string of the molecule is O=C(NCC1CCCO1)C1CCCN(c2ccc(C3CC3)nn2)C1. The second kappa shape index (κ2) is 7.05. The highest BCUT2D eigenvalue weighted by Crippen LogP contribution is 2.38. The van der Waals surface area contributed by atoms with Gasteiger partial charge in [-0.2, -0.15) is 5.10 Å². The molecule has 1 amide bonds. The van der Waals surface area contributed by atoms with Crippen LogP contribution in [0.2, 0.25) is 0 Å². The van der Waals surface area contributed by atoms with Gasteiger partial charge in [0.1, 0.15) is 0 Å². The van der Waals surface area contributed by atoms with E-state index in [-0.39, 0.29) is 17.9 Å². The molecule has 6 nitrogen and oxygen atoms in total. The summed E-state index contributed by atoms with van der Waals surface area (Å²) < 4.78 is 5.57. The maximum Gasteiger partial charge on any atom is 0.224 e. The Labute approximate surface area is 143 Å². The number of nitrogens with one attached hydrogen (secondary N) is 1. The van der Waals surface area contributed by atoms with Crippen LogP contribution in [0.5, 0.6) is 0 Å². The Balaban J connectivity index is 1.31. The first kappa shape index (κ1) is 15.8. The fourth-order valence-electron chi connectivity index (χ4n) is 3.66. The van der Waals surface area contributed by atoms with Gasteiger partial charge >= 0.3 is 0 Å². The molecule has 2 atom stereocenters. The van der Waals surface area contributed by atoms with Gasteiger partial charge in [0.15, 0.2) is 5.82 Å². The van der Waals surface area contributed by atoms with Crippen molar-refractivity contribution in [3.63, 3.8) is 0 Å². The van der Waals surface area contributed by atoms with E-state index in [1.807, 2.05) is 0 Å². The lowest BCUT2D eigenvalue weighted by atomic mass is 9.97. The standard InChI is InChI=1S/C18H26N4O2/c23-18(19-11-15-4-2-10-24-15)14-3-1-9-22(12-14)17-8-7-16(20-21-17)13-5-6-13/h7-8,13-15H,1-6,9-12H2,(H,19,23). The molecule has 24 heavy (non-hydrogen) atoms. The maximum absolute atomic E-state index is 12.5. The zero-order chi connectivity index (χ0) is 16.4. The van der Waals surface area contributed by atoms with Crippen molar-refractivity contribution in [3.8, 4) is 0 Å². The number of rotatable bonds is 5. The lowest BCUT2D eigenvalue weighted by Gasteiger charge is -2.32. The minimum Gasteiger partial charge on any atom is -0.376 e. The normalized spacial score (nSPS) is 27.2. The smallest absolute Gasteiger partial charge is 0.224 e. The van der Waals surface area contributed by atoms with Crippen molar-refractivity contribution < 1.29 is 9.53 Å². The van der Waals surface area contributed by atoms with Gasteiger partial charge in [-0.15, -0.1) is 5.10 Å². The number of anilines is 1. The molecule has 0 spiro atoms. The molecule has 1 aromatic rings. The molecule has 0 aromatic carbocycles. The summed E-state index contributed by atoms with van der Waals surface area (Å²) in [5.41, 5.74) is 1.11. The molecule has 1 aromatic heterocycles. The predicted octanol–water partition coefficient (Wildman–Crippen LogP) is 1.87. The second-order valence-corrected chi connectivity index (χ2v) is 7.26. The summed E-state index contributed by atoms with van der Waals surface area (Å²) in [5.74, 6) is 1.71. The van der Waals surface area contributed by atoms with E-state index in [2.05, 4.69) is 32.5 Å². The predicted molar refractivity (Wildman–Crippen MR) is 90.9 cm³/mol. The zero-order valence-corrected chi connectivity index (χ0v) is 14.1. The Hall–Kier alpha value is -1.69. The molecule has 3 fully saturated rings. The Kier molecular flexibility index (Phi) is 4.65. The average molecular weight is 330 g/mol. The van der Waals surface area contributed by atoms with E-state index in [0.717, 1.165) is 56.9 Å². The monoisotopic (exact) mass is 330 g/mol. The number of aromatic nitrogens is 2. The van der Waals surface area contributed by atoms with Crippen molar-refractivity contribution in [2.24, 2.45) is 5.92 Å². The molecular weight excluding hydrogens is 304 g/mol. The van der Waals surface area contributed by atoms with Crippen LogP contribution in [0.1, 0.15) is 50.1 Å². The minimum atomic E-state index is 0.0325. The molecular formula is C18H26N4O2. The summed E-state index contributed by atoms with van der Waals surface area (Å²) >= 11 is 0. The number of carbonyl (C=O) groups is 1. The van der Waals surface area contributed by atoms with Crippen LogP contribution in [0.15, 0.2) is 12.1 Å². The van der Waals surface area contributed by atoms with Crippen LogP contribution in [0.4, 0.5) is 5.82 Å². The van der Waals surface area contributed by atoms with Crippen LogP contribution in [-0.2, 0) is 9.53 Å². The van der Waals surface area contributed by atoms with E-state index in [0.29, 0.717) is 12.5 Å². The highest BCUT2D eigenvalue weighted by atomic mass is 16.5. The van der Waals surface area contributed by atoms with Crippen molar-refractivity contribution in [2.45, 2.75) is 50.5 Å². The first-order valence-electron chi connectivity index (χ1n) is 9.27. The highest BCUT2D eigenvalue weighted by molar-refractivity contribution is 5.79. The van der Waals surface area contributed by atoms with Crippen LogP contribution in [-0.4, -0.2) is 48.4 Å². The molecule has 1 N–H and O–H groups in total. The van der Waals surface area contributed by atoms with E-state index in [1.165, 1.54) is 12.8 Å². The number of nitrogens with zero attached hydrogens (tertiary/aromatic N) is 3. The van der Waals surface area contributed by atoms with Gasteiger partial charge in [-0.05, 0) is 50.7 Å². The van der Waals surface area contributed by atoms with Gasteiger partial charge in [0, 0.05) is 32.2 Å². The molecule has 2 unspecified atom stereocenters. The molecule has 1 aliphatic carbocycles. The third-order valence-electron chi connectivity index (χ3n) is 5.31. The summed E-state index contributed by atoms with van der Waals surface area (Å²) in [6.07, 6.45) is 6.81. The molecule has 4 rings (SSSR count). The zero-order valence-electron chi connectivity index (χ0n) is 14.1. The van der Waals surface area contributed by atoms with Gasteiger partial charge in [0.25, 0.3) is 0 Å². The molecule has 0 bridgehead atoms. The van der Waals surface area contributed by atoms with Crippen molar-refractivity contribution in [1.29, 1.82) is 0 Å². The molecule has 6 heteroatoms. The number of amides is 1. The summed E-state index contributed by atoms with van der Waals surface area (Å²) in [5, 5.41) is 11.8. The van der Waals surface area contributed by atoms with Crippen LogP contribution in [0.25, 0.3) is 0 Å². The summed E-state index contributed by atoms with van der Waals surface area (Å²) in [7, 11) is 0. The van der Waals surface area contributed by atoms with Gasteiger partial charge in [-0.1, -0.05) is 0 Å². The summed E-state index contributed by atoms with van der Waals surface area (Å²) in [6.45, 7) is 3.15. The number of ether oxygens (including phenoxy) is 1. The number of hydrogen-bond acceptors (Lipinski definition) is 5. The van der Waals surface area contributed by atoms with Crippen molar-refractivity contribution in [3.05, 3.63) is 17.8 Å². The van der Waals surface area contributed by atoms with E-state index in [4.69, 9.17) is 4.74 Å². The Morgan fingerprint density at radius 3 is 2.83 bits per heavy atom. The van der Waals surface area contributed by atoms with Crippen LogP contribution in [0, 0.1) is 5.92 Å². The van der Waals surface area contributed by atoms with E-state index in [1.54, 1.807) is 0 Å². The topological polar surface area (TPSA) is 67.3 Å². The summed E-state index contributed by atoms with van der Waals surface area (Å²) in [6, 6.07) is 4.16. The fourth-order valence-corrected chi connectivity index (χ4v) is 3.66. The van der Waals surface area contributed by atoms with Gasteiger partial charge in [0.2, 0.25) is 5.91 Å².